The summed E-state index contributed by atoms with van der Waals surface area (Å²) in [6.07, 6.45) is 5.44. The Labute approximate surface area is 183 Å². The van der Waals surface area contributed by atoms with Gasteiger partial charge in [0.15, 0.2) is 0 Å². The normalized spacial score (nSPS) is 18.3. The lowest BCUT2D eigenvalue weighted by molar-refractivity contribution is 0.00200. The number of carbonyl (C=O) groups excluding carboxylic acids is 1. The number of hydrogen-bond donors (Lipinski definition) is 5. The van der Waals surface area contributed by atoms with Crippen molar-refractivity contribution >= 4 is 15.9 Å². The van der Waals surface area contributed by atoms with E-state index in [1.54, 1.807) is 0 Å². The van der Waals surface area contributed by atoms with Gasteiger partial charge in [-0.2, -0.15) is 0 Å². The molecule has 31 heavy (non-hydrogen) atoms. The van der Waals surface area contributed by atoms with Crippen LogP contribution in [-0.2, 0) is 10.0 Å². The van der Waals surface area contributed by atoms with Crippen molar-refractivity contribution < 1.29 is 23.4 Å². The number of rotatable bonds is 12. The third-order valence-electron chi connectivity index (χ3n) is 5.72. The number of nitrogens with one attached hydrogen (secondary N) is 3. The lowest BCUT2D eigenvalue weighted by atomic mass is 9.83. The number of unbranched alkanes of at least 4 members (excludes halogenated alkanes) is 1. The van der Waals surface area contributed by atoms with E-state index in [1.165, 1.54) is 18.3 Å². The largest absolute Gasteiger partial charge is 0.389 e. The highest BCUT2D eigenvalue weighted by molar-refractivity contribution is 7.89. The Morgan fingerprint density at radius 3 is 2.55 bits per heavy atom. The highest BCUT2D eigenvalue weighted by Crippen LogP contribution is 2.28. The first-order chi connectivity index (χ1) is 14.7. The van der Waals surface area contributed by atoms with Crippen molar-refractivity contribution in [2.45, 2.75) is 76.5 Å². The number of aliphatic hydroxyl groups excluding tert-OH is 2. The van der Waals surface area contributed by atoms with Crippen molar-refractivity contribution in [3.05, 3.63) is 34.2 Å². The molecule has 1 heterocycles. The van der Waals surface area contributed by atoms with Gasteiger partial charge in [0.1, 0.15) is 6.10 Å². The summed E-state index contributed by atoms with van der Waals surface area (Å²) in [6, 6.07) is 1.78. The maximum atomic E-state index is 12.6. The topological polar surface area (TPSA) is 149 Å². The molecular weight excluding hydrogens is 422 g/mol. The second-order valence-electron chi connectivity index (χ2n) is 8.35. The van der Waals surface area contributed by atoms with Crippen LogP contribution in [0.3, 0.4) is 0 Å². The standard InChI is InChI=1S/C21H35N3O6S/c1-2-3-11-23-31(29,30)14-18(25)20(27)17(12-15-7-5-4-6-8-15)24-21(28)16-9-10-19(26)22-13-16/h9-10,13,15,17-18,20,23,25,27H,2-8,11-12,14H2,1H3,(H,22,26)(H,24,28). The molecule has 1 aliphatic carbocycles. The summed E-state index contributed by atoms with van der Waals surface area (Å²) >= 11 is 0. The lowest BCUT2D eigenvalue weighted by Gasteiger charge is -2.32. The number of H-pyrrole nitrogens is 1. The van der Waals surface area contributed by atoms with E-state index in [0.29, 0.717) is 12.8 Å². The van der Waals surface area contributed by atoms with E-state index in [0.717, 1.165) is 38.5 Å². The second-order valence-corrected chi connectivity index (χ2v) is 10.2. The minimum absolute atomic E-state index is 0.212. The molecular formula is C21H35N3O6S. The molecule has 5 N–H and O–H groups in total. The van der Waals surface area contributed by atoms with Crippen LogP contribution in [0, 0.1) is 5.92 Å². The fourth-order valence-electron chi connectivity index (χ4n) is 3.92. The number of aromatic nitrogens is 1. The van der Waals surface area contributed by atoms with Gasteiger partial charge in [-0.05, 0) is 24.8 Å². The third kappa shape index (κ3) is 8.72. The Morgan fingerprint density at radius 1 is 1.23 bits per heavy atom. The van der Waals surface area contributed by atoms with Crippen molar-refractivity contribution in [2.75, 3.05) is 12.3 Å². The average Bonchev–Trinajstić information content (AvgIpc) is 2.73. The number of aliphatic hydroxyl groups is 2. The first-order valence-electron chi connectivity index (χ1n) is 11.0. The van der Waals surface area contributed by atoms with Gasteiger partial charge < -0.3 is 20.5 Å². The van der Waals surface area contributed by atoms with Gasteiger partial charge in [-0.25, -0.2) is 13.1 Å². The van der Waals surface area contributed by atoms with Crippen molar-refractivity contribution in [1.29, 1.82) is 0 Å². The fraction of sp³-hybridized carbons (Fsp3) is 0.714. The summed E-state index contributed by atoms with van der Waals surface area (Å²) in [4.78, 5) is 26.3. The fourth-order valence-corrected chi connectivity index (χ4v) is 5.14. The smallest absolute Gasteiger partial charge is 0.253 e. The predicted octanol–water partition coefficient (Wildman–Crippen LogP) is 0.885. The van der Waals surface area contributed by atoms with Crippen LogP contribution in [0.2, 0.25) is 0 Å². The molecule has 1 amide bonds. The number of aromatic amines is 1. The minimum atomic E-state index is -3.76. The number of hydrogen-bond acceptors (Lipinski definition) is 6. The van der Waals surface area contributed by atoms with Crippen LogP contribution in [0.4, 0.5) is 0 Å². The molecule has 2 rings (SSSR count). The van der Waals surface area contributed by atoms with Gasteiger partial charge in [-0.1, -0.05) is 45.4 Å². The van der Waals surface area contributed by atoms with Crippen LogP contribution in [-0.4, -0.2) is 60.1 Å². The molecule has 0 radical (unpaired) electrons. The molecule has 0 aromatic carbocycles. The molecule has 0 spiro atoms. The zero-order valence-electron chi connectivity index (χ0n) is 18.0. The second kappa shape index (κ2) is 12.3. The molecule has 0 aliphatic heterocycles. The van der Waals surface area contributed by atoms with Gasteiger partial charge in [0.05, 0.1) is 23.5 Å². The van der Waals surface area contributed by atoms with E-state index in [9.17, 15) is 28.2 Å². The molecule has 0 bridgehead atoms. The molecule has 10 heteroatoms. The molecule has 3 unspecified atom stereocenters. The van der Waals surface area contributed by atoms with Crippen LogP contribution in [0.1, 0.15) is 68.6 Å². The summed E-state index contributed by atoms with van der Waals surface area (Å²) in [6.45, 7) is 2.21. The molecule has 1 fully saturated rings. The highest BCUT2D eigenvalue weighted by atomic mass is 32.2. The van der Waals surface area contributed by atoms with Gasteiger partial charge in [-0.3, -0.25) is 9.59 Å². The molecule has 1 saturated carbocycles. The molecule has 9 nitrogen and oxygen atoms in total. The molecule has 1 aromatic rings. The molecule has 176 valence electrons. The van der Waals surface area contributed by atoms with Gasteiger partial charge in [0, 0.05) is 18.8 Å². The lowest BCUT2D eigenvalue weighted by Crippen LogP contribution is -2.52. The van der Waals surface area contributed by atoms with Crippen LogP contribution in [0.15, 0.2) is 23.1 Å². The molecule has 1 aromatic heterocycles. The number of sulfonamides is 1. The van der Waals surface area contributed by atoms with Gasteiger partial charge >= 0.3 is 0 Å². The van der Waals surface area contributed by atoms with Crippen LogP contribution >= 0.6 is 0 Å². The maximum absolute atomic E-state index is 12.6. The quantitative estimate of drug-likeness (QED) is 0.294. The summed E-state index contributed by atoms with van der Waals surface area (Å²) in [5, 5.41) is 24.0. The minimum Gasteiger partial charge on any atom is -0.389 e. The summed E-state index contributed by atoms with van der Waals surface area (Å²) in [7, 11) is -3.76. The summed E-state index contributed by atoms with van der Waals surface area (Å²) in [5.41, 5.74) is -0.129. The zero-order chi connectivity index (χ0) is 22.9. The van der Waals surface area contributed by atoms with E-state index in [4.69, 9.17) is 0 Å². The van der Waals surface area contributed by atoms with Crippen molar-refractivity contribution in [3.8, 4) is 0 Å². The van der Waals surface area contributed by atoms with Crippen molar-refractivity contribution in [1.82, 2.24) is 15.0 Å². The number of pyridine rings is 1. The van der Waals surface area contributed by atoms with Gasteiger partial charge in [0.2, 0.25) is 15.6 Å². The monoisotopic (exact) mass is 457 g/mol. The first kappa shape index (κ1) is 25.5. The zero-order valence-corrected chi connectivity index (χ0v) is 18.9. The van der Waals surface area contributed by atoms with E-state index in [-0.39, 0.29) is 23.6 Å². The van der Waals surface area contributed by atoms with E-state index < -0.39 is 39.9 Å². The van der Waals surface area contributed by atoms with E-state index in [1.807, 2.05) is 6.92 Å². The number of amides is 1. The van der Waals surface area contributed by atoms with E-state index in [2.05, 4.69) is 15.0 Å². The Morgan fingerprint density at radius 2 is 1.94 bits per heavy atom. The van der Waals surface area contributed by atoms with Crippen LogP contribution in [0.5, 0.6) is 0 Å². The Bertz CT molecular complexity index is 830. The van der Waals surface area contributed by atoms with E-state index >= 15 is 0 Å². The average molecular weight is 458 g/mol. The Kier molecular flexibility index (Phi) is 10.1. The molecule has 1 aliphatic rings. The van der Waals surface area contributed by atoms with Gasteiger partial charge in [0.25, 0.3) is 5.91 Å². The van der Waals surface area contributed by atoms with Crippen LogP contribution < -0.4 is 15.6 Å². The molecule has 0 saturated heterocycles. The third-order valence-corrected chi connectivity index (χ3v) is 7.15. The first-order valence-corrected chi connectivity index (χ1v) is 12.7. The number of carbonyl (C=O) groups is 1. The van der Waals surface area contributed by atoms with Gasteiger partial charge in [-0.15, -0.1) is 0 Å². The van der Waals surface area contributed by atoms with Crippen molar-refractivity contribution in [3.63, 3.8) is 0 Å². The van der Waals surface area contributed by atoms with Crippen molar-refractivity contribution in [2.24, 2.45) is 5.92 Å². The Balaban J connectivity index is 2.08. The summed E-state index contributed by atoms with van der Waals surface area (Å²) < 4.78 is 26.8. The Hall–Kier alpha value is -1.75. The molecule has 3 atom stereocenters. The summed E-state index contributed by atoms with van der Waals surface area (Å²) in [5.74, 6) is -0.879. The SMILES string of the molecule is CCCCNS(=O)(=O)CC(O)C(O)C(CC1CCCCC1)NC(=O)c1ccc(=O)[nH]c1. The highest BCUT2D eigenvalue weighted by Gasteiger charge is 2.33. The maximum Gasteiger partial charge on any atom is 0.253 e. The predicted molar refractivity (Wildman–Crippen MR) is 118 cm³/mol. The van der Waals surface area contributed by atoms with Crippen LogP contribution in [0.25, 0.3) is 0 Å².